The van der Waals surface area contributed by atoms with E-state index in [0.717, 1.165) is 12.5 Å². The van der Waals surface area contributed by atoms with Crippen LogP contribution in [0.2, 0.25) is 0 Å². The van der Waals surface area contributed by atoms with Gasteiger partial charge in [-0.1, -0.05) is 26.0 Å². The Kier molecular flexibility index (Phi) is 7.10. The van der Waals surface area contributed by atoms with Crippen LogP contribution in [0, 0.1) is 11.7 Å². The predicted octanol–water partition coefficient (Wildman–Crippen LogP) is 3.40. The number of ether oxygens (including phenoxy) is 1. The Bertz CT molecular complexity index is 969. The SMILES string of the molecule is CC(C)CCOc1ccc(C(=O)N2CCN(S(=O)(=O)c3ccccc3F)CC2)cc1. The molecule has 0 spiro atoms. The van der Waals surface area contributed by atoms with Crippen molar-refractivity contribution < 1.29 is 22.3 Å². The highest BCUT2D eigenvalue weighted by molar-refractivity contribution is 7.89. The zero-order valence-electron chi connectivity index (χ0n) is 17.3. The average Bonchev–Trinajstić information content (AvgIpc) is 2.74. The predicted molar refractivity (Wildman–Crippen MR) is 112 cm³/mol. The molecule has 3 rings (SSSR count). The zero-order valence-corrected chi connectivity index (χ0v) is 18.1. The largest absolute Gasteiger partial charge is 0.494 e. The van der Waals surface area contributed by atoms with Crippen LogP contribution in [-0.2, 0) is 10.0 Å². The summed E-state index contributed by atoms with van der Waals surface area (Å²) in [5.41, 5.74) is 0.525. The Morgan fingerprint density at radius 1 is 1.03 bits per heavy atom. The van der Waals surface area contributed by atoms with Crippen LogP contribution in [0.1, 0.15) is 30.6 Å². The standard InChI is InChI=1S/C22H27FN2O4S/c1-17(2)11-16-29-19-9-7-18(8-10-19)22(26)24-12-14-25(15-13-24)30(27,28)21-6-4-3-5-20(21)23/h3-10,17H,11-16H2,1-2H3. The first-order chi connectivity index (χ1) is 14.3. The molecular weight excluding hydrogens is 407 g/mol. The second-order valence-corrected chi connectivity index (χ2v) is 9.59. The molecule has 162 valence electrons. The molecule has 0 unspecified atom stereocenters. The summed E-state index contributed by atoms with van der Waals surface area (Å²) >= 11 is 0. The monoisotopic (exact) mass is 434 g/mol. The Morgan fingerprint density at radius 2 is 1.67 bits per heavy atom. The molecule has 0 N–H and O–H groups in total. The summed E-state index contributed by atoms with van der Waals surface area (Å²) < 4.78 is 46.2. The second kappa shape index (κ2) is 9.57. The molecule has 1 saturated heterocycles. The number of carbonyl (C=O) groups excluding carboxylic acids is 1. The number of carbonyl (C=O) groups is 1. The van der Waals surface area contributed by atoms with Crippen LogP contribution in [-0.4, -0.2) is 56.3 Å². The van der Waals surface area contributed by atoms with Gasteiger partial charge in [0, 0.05) is 31.7 Å². The number of nitrogens with zero attached hydrogens (tertiary/aromatic N) is 2. The highest BCUT2D eigenvalue weighted by Gasteiger charge is 2.32. The number of sulfonamides is 1. The molecule has 1 amide bonds. The third-order valence-corrected chi connectivity index (χ3v) is 6.98. The lowest BCUT2D eigenvalue weighted by Crippen LogP contribution is -2.50. The van der Waals surface area contributed by atoms with E-state index >= 15 is 0 Å². The van der Waals surface area contributed by atoms with Gasteiger partial charge in [-0.15, -0.1) is 0 Å². The van der Waals surface area contributed by atoms with Gasteiger partial charge in [0.2, 0.25) is 10.0 Å². The lowest BCUT2D eigenvalue weighted by atomic mass is 10.1. The van der Waals surface area contributed by atoms with Crippen molar-refractivity contribution in [3.8, 4) is 5.75 Å². The lowest BCUT2D eigenvalue weighted by Gasteiger charge is -2.34. The number of hydrogen-bond donors (Lipinski definition) is 0. The molecular formula is C22H27FN2O4S. The summed E-state index contributed by atoms with van der Waals surface area (Å²) in [6.07, 6.45) is 0.959. The third-order valence-electron chi connectivity index (χ3n) is 5.05. The van der Waals surface area contributed by atoms with E-state index in [-0.39, 0.29) is 37.0 Å². The van der Waals surface area contributed by atoms with E-state index in [2.05, 4.69) is 13.8 Å². The maximum Gasteiger partial charge on any atom is 0.253 e. The quantitative estimate of drug-likeness (QED) is 0.670. The molecule has 30 heavy (non-hydrogen) atoms. The first-order valence-corrected chi connectivity index (χ1v) is 11.5. The Morgan fingerprint density at radius 3 is 2.27 bits per heavy atom. The van der Waals surface area contributed by atoms with Gasteiger partial charge in [-0.05, 0) is 48.7 Å². The van der Waals surface area contributed by atoms with Crippen molar-refractivity contribution in [2.45, 2.75) is 25.2 Å². The molecule has 0 aromatic heterocycles. The van der Waals surface area contributed by atoms with Crippen LogP contribution in [0.3, 0.4) is 0 Å². The van der Waals surface area contributed by atoms with Crippen LogP contribution < -0.4 is 4.74 Å². The fourth-order valence-corrected chi connectivity index (χ4v) is 4.70. The second-order valence-electron chi connectivity index (χ2n) is 7.68. The molecule has 0 bridgehead atoms. The van der Waals surface area contributed by atoms with Crippen molar-refractivity contribution in [3.05, 3.63) is 59.9 Å². The summed E-state index contributed by atoms with van der Waals surface area (Å²) in [6, 6.07) is 12.3. The van der Waals surface area contributed by atoms with Crippen molar-refractivity contribution in [2.75, 3.05) is 32.8 Å². The summed E-state index contributed by atoms with van der Waals surface area (Å²) in [6.45, 7) is 5.64. The highest BCUT2D eigenvalue weighted by atomic mass is 32.2. The molecule has 1 aliphatic heterocycles. The molecule has 2 aromatic carbocycles. The maximum atomic E-state index is 13.9. The number of halogens is 1. The Balaban J connectivity index is 1.58. The molecule has 0 radical (unpaired) electrons. The molecule has 0 atom stereocenters. The van der Waals surface area contributed by atoms with Crippen molar-refractivity contribution in [3.63, 3.8) is 0 Å². The van der Waals surface area contributed by atoms with Gasteiger partial charge >= 0.3 is 0 Å². The summed E-state index contributed by atoms with van der Waals surface area (Å²) in [7, 11) is -3.92. The maximum absolute atomic E-state index is 13.9. The summed E-state index contributed by atoms with van der Waals surface area (Å²) in [5, 5.41) is 0. The third kappa shape index (κ3) is 5.17. The van der Waals surface area contributed by atoms with E-state index in [4.69, 9.17) is 4.74 Å². The lowest BCUT2D eigenvalue weighted by molar-refractivity contribution is 0.0697. The number of amides is 1. The van der Waals surface area contributed by atoms with Crippen LogP contribution in [0.4, 0.5) is 4.39 Å². The number of piperazine rings is 1. The van der Waals surface area contributed by atoms with E-state index in [1.807, 2.05) is 0 Å². The number of benzene rings is 2. The van der Waals surface area contributed by atoms with Gasteiger partial charge in [-0.25, -0.2) is 12.8 Å². The minimum absolute atomic E-state index is 0.124. The van der Waals surface area contributed by atoms with Gasteiger partial charge in [0.25, 0.3) is 5.91 Å². The summed E-state index contributed by atoms with van der Waals surface area (Å²) in [4.78, 5) is 14.0. The van der Waals surface area contributed by atoms with Crippen molar-refractivity contribution >= 4 is 15.9 Å². The molecule has 0 aliphatic carbocycles. The first-order valence-electron chi connectivity index (χ1n) is 10.1. The number of hydrogen-bond acceptors (Lipinski definition) is 4. The molecule has 1 aliphatic rings. The normalized spacial score (nSPS) is 15.4. The summed E-state index contributed by atoms with van der Waals surface area (Å²) in [5.74, 6) is 0.345. The van der Waals surface area contributed by atoms with Crippen LogP contribution in [0.25, 0.3) is 0 Å². The molecule has 0 saturated carbocycles. The zero-order chi connectivity index (χ0) is 21.7. The Labute approximate surface area is 177 Å². The molecule has 2 aromatic rings. The van der Waals surface area contributed by atoms with Crippen LogP contribution in [0.15, 0.2) is 53.4 Å². The molecule has 1 heterocycles. The fraction of sp³-hybridized carbons (Fsp3) is 0.409. The highest BCUT2D eigenvalue weighted by Crippen LogP contribution is 2.21. The Hall–Kier alpha value is -2.45. The minimum Gasteiger partial charge on any atom is -0.494 e. The van der Waals surface area contributed by atoms with Crippen molar-refractivity contribution in [1.82, 2.24) is 9.21 Å². The fourth-order valence-electron chi connectivity index (χ4n) is 3.21. The van der Waals surface area contributed by atoms with E-state index in [9.17, 15) is 17.6 Å². The van der Waals surface area contributed by atoms with Gasteiger partial charge in [0.15, 0.2) is 0 Å². The van der Waals surface area contributed by atoms with E-state index in [1.165, 1.54) is 22.5 Å². The molecule has 1 fully saturated rings. The van der Waals surface area contributed by atoms with Crippen LogP contribution in [0.5, 0.6) is 5.75 Å². The van der Waals surface area contributed by atoms with Crippen molar-refractivity contribution in [1.29, 1.82) is 0 Å². The van der Waals surface area contributed by atoms with Gasteiger partial charge < -0.3 is 9.64 Å². The number of rotatable bonds is 7. The first kappa shape index (κ1) is 22.2. The van der Waals surface area contributed by atoms with E-state index in [1.54, 1.807) is 29.2 Å². The average molecular weight is 435 g/mol. The minimum atomic E-state index is -3.92. The molecule has 6 nitrogen and oxygen atoms in total. The van der Waals surface area contributed by atoms with Crippen LogP contribution >= 0.6 is 0 Å². The van der Waals surface area contributed by atoms with Gasteiger partial charge in [-0.3, -0.25) is 4.79 Å². The van der Waals surface area contributed by atoms with Gasteiger partial charge in [0.1, 0.15) is 16.5 Å². The topological polar surface area (TPSA) is 66.9 Å². The smallest absolute Gasteiger partial charge is 0.253 e. The van der Waals surface area contributed by atoms with E-state index in [0.29, 0.717) is 23.8 Å². The van der Waals surface area contributed by atoms with Gasteiger partial charge in [-0.2, -0.15) is 4.31 Å². The van der Waals surface area contributed by atoms with Gasteiger partial charge in [0.05, 0.1) is 6.61 Å². The van der Waals surface area contributed by atoms with E-state index < -0.39 is 15.8 Å². The molecule has 8 heteroatoms. The van der Waals surface area contributed by atoms with Crippen molar-refractivity contribution in [2.24, 2.45) is 5.92 Å².